The summed E-state index contributed by atoms with van der Waals surface area (Å²) in [6.07, 6.45) is 2.97. The van der Waals surface area contributed by atoms with Crippen LogP contribution >= 0.6 is 11.3 Å². The summed E-state index contributed by atoms with van der Waals surface area (Å²) in [4.78, 5) is 103. The number of nitrogens with zero attached hydrogens (tertiary/aromatic N) is 7. The highest BCUT2D eigenvalue weighted by Gasteiger charge is 2.66. The van der Waals surface area contributed by atoms with Crippen LogP contribution in [-0.4, -0.2) is 238 Å². The molecular formula is C74H89N11O21S2. The molecule has 4 saturated carbocycles. The molecule has 8 atom stereocenters. The molecule has 2 unspecified atom stereocenters. The Balaban J connectivity index is 0.674. The van der Waals surface area contributed by atoms with E-state index in [2.05, 4.69) is 40.1 Å². The molecular weight excluding hydrogens is 1440 g/mol. The fourth-order valence-electron chi connectivity index (χ4n) is 17.2. The summed E-state index contributed by atoms with van der Waals surface area (Å²) in [5, 5.41) is 69.2. The number of ether oxygens (including phenoxy) is 6. The molecule has 0 spiro atoms. The van der Waals surface area contributed by atoms with E-state index in [1.54, 1.807) is 55.8 Å². The number of para-hydroxylation sites is 1. The number of amides is 5. The van der Waals surface area contributed by atoms with Crippen LogP contribution in [0.1, 0.15) is 102 Å². The number of methoxy groups -OCH3 is 2. The molecule has 6 aromatic rings. The van der Waals surface area contributed by atoms with E-state index in [1.807, 2.05) is 46.8 Å². The third-order valence-electron chi connectivity index (χ3n) is 20.8. The molecule has 4 bridgehead atoms. The SMILES string of the molecule is COCCN(CCOC12CC3(C)CC(C)(CC(Cn4ncc(-c5ccc(N6CCc7c(OC)ccc(C(=O)Nc8nc9ccccc9s8)c7C6)nc5C(=O)O)c4C)(C3)C1)C2)C(=O)OC/C=C/c1ccc(O[C@@H]2O[C@H](C(=O)O)[C@@H](O)[C@H](O)[C@H]2O)c(NCCCNC[C@H](CS(=O)(=O)O)NC(=O)CN2C(=O)C=CC2=O)c1. The molecule has 3 aromatic carbocycles. The van der Waals surface area contributed by atoms with E-state index in [0.29, 0.717) is 69.8 Å². The monoisotopic (exact) mass is 1530 g/mol. The third kappa shape index (κ3) is 17.8. The fraction of sp³-hybridized carbons (Fsp3) is 0.486. The number of aliphatic hydroxyl groups excluding tert-OH is 3. The van der Waals surface area contributed by atoms with Crippen LogP contribution in [0.15, 0.2) is 91.2 Å². The van der Waals surface area contributed by atoms with E-state index >= 15 is 0 Å². The van der Waals surface area contributed by atoms with Gasteiger partial charge in [-0.05, 0) is 147 Å². The number of aliphatic carboxylic acids is 1. The molecule has 10 N–H and O–H groups in total. The van der Waals surface area contributed by atoms with Crippen molar-refractivity contribution in [3.63, 3.8) is 0 Å². The average molecular weight is 1530 g/mol. The number of pyridine rings is 1. The molecule has 7 aliphatic rings. The number of rotatable bonds is 33. The number of imide groups is 1. The number of thiazole rings is 1. The van der Waals surface area contributed by atoms with Gasteiger partial charge in [-0.2, -0.15) is 13.5 Å². The maximum absolute atomic E-state index is 14.0. The van der Waals surface area contributed by atoms with Crippen molar-refractivity contribution in [2.45, 2.75) is 128 Å². The van der Waals surface area contributed by atoms with Gasteiger partial charge in [-0.15, -0.1) is 0 Å². The van der Waals surface area contributed by atoms with E-state index in [0.717, 1.165) is 77.7 Å². The molecule has 34 heteroatoms. The maximum Gasteiger partial charge on any atom is 0.410 e. The predicted octanol–water partition coefficient (Wildman–Crippen LogP) is 5.28. The van der Waals surface area contributed by atoms with E-state index < -0.39 is 101 Å². The van der Waals surface area contributed by atoms with Gasteiger partial charge in [0.25, 0.3) is 27.8 Å². The van der Waals surface area contributed by atoms with Crippen molar-refractivity contribution in [2.24, 2.45) is 16.2 Å². The van der Waals surface area contributed by atoms with Crippen LogP contribution < -0.4 is 35.6 Å². The van der Waals surface area contributed by atoms with Crippen LogP contribution in [0.25, 0.3) is 27.4 Å². The second-order valence-electron chi connectivity index (χ2n) is 29.4. The number of nitrogens with one attached hydrogen (secondary N) is 4. The Morgan fingerprint density at radius 1 is 0.852 bits per heavy atom. The first-order valence-electron chi connectivity index (χ1n) is 35.5. The van der Waals surface area contributed by atoms with Gasteiger partial charge >= 0.3 is 18.0 Å². The highest BCUT2D eigenvalue weighted by molar-refractivity contribution is 7.85. The Labute approximate surface area is 626 Å². The highest BCUT2D eigenvalue weighted by Crippen LogP contribution is 2.72. The lowest BCUT2D eigenvalue weighted by Gasteiger charge is -2.69. The number of hydrogen-bond acceptors (Lipinski definition) is 25. The summed E-state index contributed by atoms with van der Waals surface area (Å²) >= 11 is 1.39. The van der Waals surface area contributed by atoms with Gasteiger partial charge in [0, 0.05) is 93.0 Å². The van der Waals surface area contributed by atoms with E-state index in [1.165, 1.54) is 29.4 Å². The van der Waals surface area contributed by atoms with E-state index in [4.69, 9.17) is 38.5 Å². The van der Waals surface area contributed by atoms with Gasteiger partial charge in [-0.25, -0.2) is 24.4 Å². The molecule has 578 valence electrons. The molecule has 3 aliphatic heterocycles. The lowest BCUT2D eigenvalue weighted by molar-refractivity contribution is -0.271. The highest BCUT2D eigenvalue weighted by atomic mass is 32.2. The standard InChI is InChI=1S/C74H89N11O21S2/c1-43-49(47-15-18-56(80-60(47)66(93)94)83-24-21-46-50(33-83)48(14-17-53(46)102-5)65(92)81-69-79-51-11-6-7-12-55(51)107-69)32-77-85(43)42-73-37-71(2)36-72(3,38-73)40-74(39-71,41-73)104-29-26-82(25-28-101-4)70(97)103-27-8-10-44-13-16-54(105-68-63(91)61(89)62(90)64(106-68)67(95)96)52(30-44)76-23-9-22-75-31-45(35-108(98,99)100)78-57(86)34-84-58(87)19-20-59(84)88/h6-8,10-20,30,32,45,61-64,68,75-76,89-91H,9,21-29,31,33-42H2,1-5H3,(H,78,86)(H,93,94)(H,95,96)(H,79,81,92)(H,98,99,100)/b10-8+/t45-,61+,62+,63-,64+,68-,71?,72?,73?,74?/m1/s1. The number of aromatic nitrogens is 4. The number of carbonyl (C=O) groups is 7. The molecule has 5 amide bonds. The first kappa shape index (κ1) is 78.1. The van der Waals surface area contributed by atoms with Crippen LogP contribution in [0.3, 0.4) is 0 Å². The molecule has 6 heterocycles. The second kappa shape index (κ2) is 32.4. The van der Waals surface area contributed by atoms with E-state index in [-0.39, 0.29) is 98.4 Å². The Hall–Kier alpha value is -9.49. The summed E-state index contributed by atoms with van der Waals surface area (Å²) in [7, 11) is -1.47. The lowest BCUT2D eigenvalue weighted by atomic mass is 9.39. The zero-order valence-corrected chi connectivity index (χ0v) is 61.9. The van der Waals surface area contributed by atoms with Gasteiger partial charge in [-0.1, -0.05) is 49.5 Å². The number of aromatic carboxylic acids is 1. The molecule has 108 heavy (non-hydrogen) atoms. The average Bonchev–Trinajstić information content (AvgIpc) is 0.762. The topological polar surface area (TPSA) is 432 Å². The van der Waals surface area contributed by atoms with Crippen LogP contribution in [0.2, 0.25) is 0 Å². The quantitative estimate of drug-likeness (QED) is 0.0142. The summed E-state index contributed by atoms with van der Waals surface area (Å²) in [5.41, 5.74) is 4.57. The van der Waals surface area contributed by atoms with Crippen molar-refractivity contribution >= 4 is 96.0 Å². The van der Waals surface area contributed by atoms with Gasteiger partial charge in [0.1, 0.15) is 48.8 Å². The molecule has 32 nitrogen and oxygen atoms in total. The normalized spacial score (nSPS) is 24.6. The molecule has 3 aromatic heterocycles. The molecule has 13 rings (SSSR count). The number of fused-ring (bicyclic) bond motifs is 2. The van der Waals surface area contributed by atoms with Crippen molar-refractivity contribution in [1.29, 1.82) is 0 Å². The Kier molecular flexibility index (Phi) is 23.4. The van der Waals surface area contributed by atoms with Crippen LogP contribution in [0.4, 0.5) is 21.4 Å². The Morgan fingerprint density at radius 2 is 1.59 bits per heavy atom. The Bertz CT molecular complexity index is 4540. The third-order valence-corrected chi connectivity index (χ3v) is 22.5. The largest absolute Gasteiger partial charge is 0.496 e. The van der Waals surface area contributed by atoms with Gasteiger partial charge in [0.05, 0.1) is 59.8 Å². The first-order chi connectivity index (χ1) is 51.4. The van der Waals surface area contributed by atoms with Crippen LogP contribution in [0, 0.1) is 23.2 Å². The minimum absolute atomic E-state index is 0.0237. The summed E-state index contributed by atoms with van der Waals surface area (Å²) in [6.45, 7) is 8.15. The number of benzene rings is 3. The van der Waals surface area contributed by atoms with Crippen molar-refractivity contribution in [2.75, 3.05) is 101 Å². The van der Waals surface area contributed by atoms with Crippen molar-refractivity contribution in [3.05, 3.63) is 125 Å². The van der Waals surface area contributed by atoms with Crippen molar-refractivity contribution in [3.8, 4) is 22.6 Å². The molecule has 1 saturated heterocycles. The summed E-state index contributed by atoms with van der Waals surface area (Å²) < 4.78 is 71.6. The predicted molar refractivity (Wildman–Crippen MR) is 393 cm³/mol. The zero-order chi connectivity index (χ0) is 77.0. The van der Waals surface area contributed by atoms with Crippen molar-refractivity contribution < 1.29 is 100 Å². The lowest BCUT2D eigenvalue weighted by Crippen LogP contribution is -2.64. The molecule has 5 fully saturated rings. The number of carboxylic acids is 2. The summed E-state index contributed by atoms with van der Waals surface area (Å²) in [6, 6.07) is 18.3. The maximum atomic E-state index is 14.0. The number of carbonyl (C=O) groups excluding carboxylic acids is 5. The number of anilines is 3. The smallest absolute Gasteiger partial charge is 0.410 e. The Morgan fingerprint density at radius 3 is 2.31 bits per heavy atom. The minimum Gasteiger partial charge on any atom is -0.496 e. The van der Waals surface area contributed by atoms with Gasteiger partial charge in [0.15, 0.2) is 16.9 Å². The number of hydrogen-bond donors (Lipinski definition) is 10. The number of aliphatic hydroxyl groups is 3. The van der Waals surface area contributed by atoms with Crippen LogP contribution in [0.5, 0.6) is 11.5 Å². The number of carboxylic acid groups (broad SMARTS) is 2. The zero-order valence-electron chi connectivity index (χ0n) is 60.3. The molecule has 0 radical (unpaired) electrons. The minimum atomic E-state index is -4.60. The first-order valence-corrected chi connectivity index (χ1v) is 37.9. The molecule has 4 aliphatic carbocycles. The van der Waals surface area contributed by atoms with Gasteiger partial charge < -0.3 is 79.7 Å². The van der Waals surface area contributed by atoms with Crippen molar-refractivity contribution in [1.82, 2.24) is 40.2 Å². The van der Waals surface area contributed by atoms with Gasteiger partial charge in [-0.3, -0.25) is 38.6 Å². The fourth-order valence-corrected chi connectivity index (χ4v) is 18.8. The summed E-state index contributed by atoms with van der Waals surface area (Å²) in [5.74, 6) is -5.17. The van der Waals surface area contributed by atoms with Gasteiger partial charge in [0.2, 0.25) is 12.2 Å². The second-order valence-corrected chi connectivity index (χ2v) is 32.0. The van der Waals surface area contributed by atoms with E-state index in [9.17, 15) is 72.1 Å². The van der Waals surface area contributed by atoms with Crippen LogP contribution in [-0.2, 0) is 67.8 Å².